The van der Waals surface area contributed by atoms with Crippen LogP contribution >= 0.6 is 0 Å². The third kappa shape index (κ3) is 2.80. The summed E-state index contributed by atoms with van der Waals surface area (Å²) < 4.78 is 0. The minimum absolute atomic E-state index is 0.160. The number of amides is 1. The minimum atomic E-state index is -0.160. The summed E-state index contributed by atoms with van der Waals surface area (Å²) >= 11 is 0. The predicted octanol–water partition coefficient (Wildman–Crippen LogP) is 0.540. The standard InChI is InChI=1S/C13H25N3O/c1-3-15-7-9-16(10-8-15)12(17)13(2)5-4-6-14-11-13/h14H,3-11H2,1-2H3. The van der Waals surface area contributed by atoms with Crippen molar-refractivity contribution in [3.05, 3.63) is 0 Å². The first kappa shape index (κ1) is 12.8. The number of rotatable bonds is 2. The molecule has 1 atom stereocenters. The molecule has 1 amide bonds. The molecule has 0 bridgehead atoms. The molecule has 4 heteroatoms. The van der Waals surface area contributed by atoms with Crippen molar-refractivity contribution >= 4 is 5.91 Å². The first-order valence-electron chi connectivity index (χ1n) is 6.88. The lowest BCUT2D eigenvalue weighted by Crippen LogP contribution is -2.55. The SMILES string of the molecule is CCN1CCN(C(=O)C2(C)CCCNC2)CC1. The number of piperidine rings is 1. The number of hydrogen-bond donors (Lipinski definition) is 1. The second-order valence-electron chi connectivity index (χ2n) is 5.57. The predicted molar refractivity (Wildman–Crippen MR) is 68.9 cm³/mol. The monoisotopic (exact) mass is 239 g/mol. The van der Waals surface area contributed by atoms with Crippen LogP contribution in [0.5, 0.6) is 0 Å². The Labute approximate surface area is 104 Å². The highest BCUT2D eigenvalue weighted by Gasteiger charge is 2.38. The van der Waals surface area contributed by atoms with Gasteiger partial charge in [-0.05, 0) is 32.9 Å². The molecule has 2 rings (SSSR count). The van der Waals surface area contributed by atoms with Crippen molar-refractivity contribution < 1.29 is 4.79 Å². The lowest BCUT2D eigenvalue weighted by atomic mass is 9.81. The average molecular weight is 239 g/mol. The highest BCUT2D eigenvalue weighted by atomic mass is 16.2. The lowest BCUT2D eigenvalue weighted by molar-refractivity contribution is -0.144. The van der Waals surface area contributed by atoms with Gasteiger partial charge in [0.15, 0.2) is 0 Å². The van der Waals surface area contributed by atoms with Crippen LogP contribution in [0.3, 0.4) is 0 Å². The van der Waals surface area contributed by atoms with Crippen molar-refractivity contribution in [1.82, 2.24) is 15.1 Å². The van der Waals surface area contributed by atoms with Gasteiger partial charge in [0, 0.05) is 32.7 Å². The van der Waals surface area contributed by atoms with E-state index in [1.807, 2.05) is 0 Å². The fraction of sp³-hybridized carbons (Fsp3) is 0.923. The number of nitrogens with one attached hydrogen (secondary N) is 1. The summed E-state index contributed by atoms with van der Waals surface area (Å²) in [5.74, 6) is 0.362. The highest BCUT2D eigenvalue weighted by Crippen LogP contribution is 2.28. The molecular formula is C13H25N3O. The molecule has 0 aromatic carbocycles. The Morgan fingerprint density at radius 1 is 1.29 bits per heavy atom. The van der Waals surface area contributed by atoms with Gasteiger partial charge in [0.25, 0.3) is 0 Å². The van der Waals surface area contributed by atoms with E-state index in [9.17, 15) is 4.79 Å². The van der Waals surface area contributed by atoms with Crippen molar-refractivity contribution in [3.8, 4) is 0 Å². The zero-order chi connectivity index (χ0) is 12.3. The Bertz CT molecular complexity index is 266. The molecule has 1 unspecified atom stereocenters. The maximum absolute atomic E-state index is 12.5. The number of likely N-dealkylation sites (N-methyl/N-ethyl adjacent to an activating group) is 1. The largest absolute Gasteiger partial charge is 0.340 e. The van der Waals surface area contributed by atoms with E-state index < -0.39 is 0 Å². The Balaban J connectivity index is 1.91. The van der Waals surface area contributed by atoms with Gasteiger partial charge >= 0.3 is 0 Å². The Hall–Kier alpha value is -0.610. The molecule has 2 saturated heterocycles. The van der Waals surface area contributed by atoms with Crippen molar-refractivity contribution in [3.63, 3.8) is 0 Å². The third-order valence-corrected chi connectivity index (χ3v) is 4.22. The average Bonchev–Trinajstić information content (AvgIpc) is 2.39. The quantitative estimate of drug-likeness (QED) is 0.764. The summed E-state index contributed by atoms with van der Waals surface area (Å²) in [6.45, 7) is 11.2. The molecule has 0 aromatic heterocycles. The third-order valence-electron chi connectivity index (χ3n) is 4.22. The summed E-state index contributed by atoms with van der Waals surface area (Å²) in [7, 11) is 0. The molecule has 0 radical (unpaired) electrons. The van der Waals surface area contributed by atoms with Gasteiger partial charge in [-0.15, -0.1) is 0 Å². The Morgan fingerprint density at radius 2 is 2.00 bits per heavy atom. The molecule has 0 aromatic rings. The number of carbonyl (C=O) groups excluding carboxylic acids is 1. The van der Waals surface area contributed by atoms with E-state index in [2.05, 4.69) is 29.0 Å². The maximum atomic E-state index is 12.5. The van der Waals surface area contributed by atoms with Crippen molar-refractivity contribution in [2.24, 2.45) is 5.41 Å². The molecular weight excluding hydrogens is 214 g/mol. The summed E-state index contributed by atoms with van der Waals surface area (Å²) in [6, 6.07) is 0. The van der Waals surface area contributed by atoms with Gasteiger partial charge in [0.2, 0.25) is 5.91 Å². The van der Waals surface area contributed by atoms with Crippen LogP contribution in [0, 0.1) is 5.41 Å². The molecule has 17 heavy (non-hydrogen) atoms. The van der Waals surface area contributed by atoms with E-state index in [-0.39, 0.29) is 5.41 Å². The molecule has 1 N–H and O–H groups in total. The lowest BCUT2D eigenvalue weighted by Gasteiger charge is -2.41. The zero-order valence-electron chi connectivity index (χ0n) is 11.2. The van der Waals surface area contributed by atoms with E-state index in [1.165, 1.54) is 0 Å². The van der Waals surface area contributed by atoms with Gasteiger partial charge < -0.3 is 15.1 Å². The summed E-state index contributed by atoms with van der Waals surface area (Å²) in [4.78, 5) is 17.0. The van der Waals surface area contributed by atoms with Crippen LogP contribution in [-0.2, 0) is 4.79 Å². The van der Waals surface area contributed by atoms with Crippen LogP contribution in [0.4, 0.5) is 0 Å². The molecule has 4 nitrogen and oxygen atoms in total. The zero-order valence-corrected chi connectivity index (χ0v) is 11.2. The number of piperazine rings is 1. The fourth-order valence-corrected chi connectivity index (χ4v) is 2.89. The fourth-order valence-electron chi connectivity index (χ4n) is 2.89. The number of nitrogens with zero attached hydrogens (tertiary/aromatic N) is 2. The van der Waals surface area contributed by atoms with Crippen molar-refractivity contribution in [2.75, 3.05) is 45.8 Å². The molecule has 98 valence electrons. The molecule has 2 fully saturated rings. The van der Waals surface area contributed by atoms with Gasteiger partial charge in [-0.2, -0.15) is 0 Å². The summed E-state index contributed by atoms with van der Waals surface area (Å²) in [6.07, 6.45) is 2.16. The number of carbonyl (C=O) groups is 1. The topological polar surface area (TPSA) is 35.6 Å². The van der Waals surface area contributed by atoms with E-state index in [4.69, 9.17) is 0 Å². The van der Waals surface area contributed by atoms with Gasteiger partial charge in [0.05, 0.1) is 5.41 Å². The van der Waals surface area contributed by atoms with Crippen molar-refractivity contribution in [2.45, 2.75) is 26.7 Å². The van der Waals surface area contributed by atoms with Crippen LogP contribution in [0.2, 0.25) is 0 Å². The van der Waals surface area contributed by atoms with E-state index in [0.29, 0.717) is 5.91 Å². The molecule has 0 saturated carbocycles. The van der Waals surface area contributed by atoms with Crippen LogP contribution < -0.4 is 5.32 Å². The van der Waals surface area contributed by atoms with Gasteiger partial charge in [-0.1, -0.05) is 6.92 Å². The van der Waals surface area contributed by atoms with Crippen molar-refractivity contribution in [1.29, 1.82) is 0 Å². The van der Waals surface area contributed by atoms with Gasteiger partial charge in [-0.3, -0.25) is 4.79 Å². The van der Waals surface area contributed by atoms with Crippen LogP contribution in [0.25, 0.3) is 0 Å². The molecule has 2 heterocycles. The van der Waals surface area contributed by atoms with Crippen LogP contribution in [-0.4, -0.2) is 61.5 Å². The smallest absolute Gasteiger partial charge is 0.229 e. The van der Waals surface area contributed by atoms with Crippen LogP contribution in [0.1, 0.15) is 26.7 Å². The number of hydrogen-bond acceptors (Lipinski definition) is 3. The first-order valence-corrected chi connectivity index (χ1v) is 6.88. The second-order valence-corrected chi connectivity index (χ2v) is 5.57. The van der Waals surface area contributed by atoms with E-state index in [1.54, 1.807) is 0 Å². The second kappa shape index (κ2) is 5.36. The summed E-state index contributed by atoms with van der Waals surface area (Å²) in [5, 5.41) is 3.36. The Morgan fingerprint density at radius 3 is 2.53 bits per heavy atom. The minimum Gasteiger partial charge on any atom is -0.340 e. The first-order chi connectivity index (χ1) is 8.15. The highest BCUT2D eigenvalue weighted by molar-refractivity contribution is 5.82. The van der Waals surface area contributed by atoms with Gasteiger partial charge in [-0.25, -0.2) is 0 Å². The normalized spacial score (nSPS) is 31.5. The Kier molecular flexibility index (Phi) is 4.05. The summed E-state index contributed by atoms with van der Waals surface area (Å²) in [5.41, 5.74) is -0.160. The molecule has 2 aliphatic rings. The molecule has 0 aliphatic carbocycles. The maximum Gasteiger partial charge on any atom is 0.229 e. The molecule has 0 spiro atoms. The van der Waals surface area contributed by atoms with Crippen LogP contribution in [0.15, 0.2) is 0 Å². The van der Waals surface area contributed by atoms with Gasteiger partial charge in [0.1, 0.15) is 0 Å². The van der Waals surface area contributed by atoms with E-state index in [0.717, 1.165) is 58.7 Å². The molecule has 2 aliphatic heterocycles. The van der Waals surface area contributed by atoms with E-state index >= 15 is 0 Å².